The summed E-state index contributed by atoms with van der Waals surface area (Å²) in [5.74, 6) is 1.34. The van der Waals surface area contributed by atoms with Crippen LogP contribution in [-0.2, 0) is 6.61 Å². The first-order valence-electron chi connectivity index (χ1n) is 6.41. The van der Waals surface area contributed by atoms with Gasteiger partial charge < -0.3 is 15.2 Å². The summed E-state index contributed by atoms with van der Waals surface area (Å²) in [6, 6.07) is 11.0. The first kappa shape index (κ1) is 15.2. The Hall–Kier alpha value is -2.20. The van der Waals surface area contributed by atoms with E-state index in [9.17, 15) is 0 Å². The number of ether oxygens (including phenoxy) is 2. The first-order valence-corrected chi connectivity index (χ1v) is 6.79. The summed E-state index contributed by atoms with van der Waals surface area (Å²) < 4.78 is 11.0. The fourth-order valence-electron chi connectivity index (χ4n) is 1.88. The molecular formula is C16H17ClN2O2. The molecule has 5 heteroatoms. The lowest BCUT2D eigenvalue weighted by molar-refractivity contribution is 0.284. The van der Waals surface area contributed by atoms with Gasteiger partial charge in [0.2, 0.25) is 0 Å². The highest BCUT2D eigenvalue weighted by atomic mass is 35.5. The molecule has 0 aliphatic heterocycles. The number of nitrogens with one attached hydrogen (secondary N) is 1. The van der Waals surface area contributed by atoms with Crippen LogP contribution in [0.2, 0.25) is 5.02 Å². The predicted octanol–water partition coefficient (Wildman–Crippen LogP) is 3.52. The number of aryl methyl sites for hydroxylation is 1. The number of nitrogens with two attached hydrogens (primary N) is 1. The zero-order valence-corrected chi connectivity index (χ0v) is 12.7. The third-order valence-electron chi connectivity index (χ3n) is 3.07. The fourth-order valence-corrected chi connectivity index (χ4v) is 2.12. The largest absolute Gasteiger partial charge is 0.493 e. The molecule has 110 valence electrons. The number of hydrogen-bond acceptors (Lipinski definition) is 3. The van der Waals surface area contributed by atoms with Crippen molar-refractivity contribution in [3.63, 3.8) is 0 Å². The highest BCUT2D eigenvalue weighted by molar-refractivity contribution is 6.31. The topological polar surface area (TPSA) is 68.3 Å². The molecular weight excluding hydrogens is 288 g/mol. The second kappa shape index (κ2) is 6.50. The van der Waals surface area contributed by atoms with E-state index >= 15 is 0 Å². The molecule has 0 saturated heterocycles. The van der Waals surface area contributed by atoms with Crippen LogP contribution in [0.5, 0.6) is 11.5 Å². The SMILES string of the molecule is COc1cc(C)ccc1OCc1ccc(C(=N)N)cc1Cl. The fraction of sp³-hybridized carbons (Fsp3) is 0.188. The van der Waals surface area contributed by atoms with Gasteiger partial charge in [-0.25, -0.2) is 0 Å². The van der Waals surface area contributed by atoms with Gasteiger partial charge in [-0.2, -0.15) is 0 Å². The van der Waals surface area contributed by atoms with Crippen LogP contribution < -0.4 is 15.2 Å². The van der Waals surface area contributed by atoms with Gasteiger partial charge >= 0.3 is 0 Å². The lowest BCUT2D eigenvalue weighted by atomic mass is 10.1. The van der Waals surface area contributed by atoms with Gasteiger partial charge in [-0.3, -0.25) is 5.41 Å². The van der Waals surface area contributed by atoms with E-state index in [0.29, 0.717) is 28.7 Å². The lowest BCUT2D eigenvalue weighted by Crippen LogP contribution is -2.11. The van der Waals surface area contributed by atoms with Crippen LogP contribution in [0.4, 0.5) is 0 Å². The standard InChI is InChI=1S/C16H17ClN2O2/c1-10-3-6-14(15(7-10)20-2)21-9-12-5-4-11(16(18)19)8-13(12)17/h3-8H,9H2,1-2H3,(H3,18,19). The number of nitrogen functional groups attached to an aromatic ring is 1. The van der Waals surface area contributed by atoms with Gasteiger partial charge in [0.25, 0.3) is 0 Å². The van der Waals surface area contributed by atoms with E-state index in [1.165, 1.54) is 0 Å². The van der Waals surface area contributed by atoms with Crippen LogP contribution in [-0.4, -0.2) is 12.9 Å². The van der Waals surface area contributed by atoms with Crippen molar-refractivity contribution in [3.05, 3.63) is 58.1 Å². The number of amidine groups is 1. The third-order valence-corrected chi connectivity index (χ3v) is 3.42. The Bertz CT molecular complexity index is 671. The second-order valence-corrected chi connectivity index (χ2v) is 5.07. The van der Waals surface area contributed by atoms with Crippen LogP contribution in [0.25, 0.3) is 0 Å². The summed E-state index contributed by atoms with van der Waals surface area (Å²) in [5, 5.41) is 7.91. The van der Waals surface area contributed by atoms with E-state index in [1.54, 1.807) is 25.3 Å². The summed E-state index contributed by atoms with van der Waals surface area (Å²) in [4.78, 5) is 0. The quantitative estimate of drug-likeness (QED) is 0.656. The monoisotopic (exact) mass is 304 g/mol. The van der Waals surface area contributed by atoms with Gasteiger partial charge in [-0.1, -0.05) is 29.8 Å². The Morgan fingerprint density at radius 3 is 2.57 bits per heavy atom. The predicted molar refractivity (Wildman–Crippen MR) is 84.5 cm³/mol. The first-order chi connectivity index (χ1) is 10.0. The number of rotatable bonds is 5. The van der Waals surface area contributed by atoms with E-state index in [2.05, 4.69) is 0 Å². The van der Waals surface area contributed by atoms with Gasteiger partial charge in [-0.05, 0) is 30.7 Å². The number of hydrogen-bond donors (Lipinski definition) is 2. The summed E-state index contributed by atoms with van der Waals surface area (Å²) in [5.41, 5.74) is 7.94. The lowest BCUT2D eigenvalue weighted by Gasteiger charge is -2.12. The average Bonchev–Trinajstić information content (AvgIpc) is 2.46. The van der Waals surface area contributed by atoms with E-state index in [1.807, 2.05) is 25.1 Å². The van der Waals surface area contributed by atoms with Crippen molar-refractivity contribution < 1.29 is 9.47 Å². The van der Waals surface area contributed by atoms with E-state index in [4.69, 9.17) is 32.2 Å². The Kier molecular flexibility index (Phi) is 4.70. The van der Waals surface area contributed by atoms with Crippen molar-refractivity contribution in [1.29, 1.82) is 5.41 Å². The molecule has 3 N–H and O–H groups in total. The van der Waals surface area contributed by atoms with E-state index in [0.717, 1.165) is 11.1 Å². The minimum atomic E-state index is -0.00966. The number of methoxy groups -OCH3 is 1. The molecule has 0 fully saturated rings. The van der Waals surface area contributed by atoms with Crippen molar-refractivity contribution in [1.82, 2.24) is 0 Å². The summed E-state index contributed by atoms with van der Waals surface area (Å²) in [6.45, 7) is 2.31. The van der Waals surface area contributed by atoms with Gasteiger partial charge in [0.1, 0.15) is 12.4 Å². The molecule has 0 saturated carbocycles. The molecule has 0 aliphatic carbocycles. The Balaban J connectivity index is 2.15. The smallest absolute Gasteiger partial charge is 0.161 e. The minimum Gasteiger partial charge on any atom is -0.493 e. The van der Waals surface area contributed by atoms with Crippen molar-refractivity contribution in [2.45, 2.75) is 13.5 Å². The van der Waals surface area contributed by atoms with Crippen molar-refractivity contribution >= 4 is 17.4 Å². The maximum absolute atomic E-state index is 7.38. The molecule has 0 atom stereocenters. The van der Waals surface area contributed by atoms with Gasteiger partial charge in [0.05, 0.1) is 7.11 Å². The highest BCUT2D eigenvalue weighted by Crippen LogP contribution is 2.29. The molecule has 0 heterocycles. The number of halogens is 1. The Morgan fingerprint density at radius 1 is 1.19 bits per heavy atom. The van der Waals surface area contributed by atoms with Gasteiger partial charge in [0, 0.05) is 16.1 Å². The number of benzene rings is 2. The maximum Gasteiger partial charge on any atom is 0.161 e. The summed E-state index contributed by atoms with van der Waals surface area (Å²) in [7, 11) is 1.61. The van der Waals surface area contributed by atoms with Crippen LogP contribution >= 0.6 is 11.6 Å². The van der Waals surface area contributed by atoms with Crippen LogP contribution in [0.15, 0.2) is 36.4 Å². The molecule has 2 aromatic rings. The molecule has 0 aromatic heterocycles. The molecule has 0 aliphatic rings. The molecule has 0 radical (unpaired) electrons. The van der Waals surface area contributed by atoms with Crippen LogP contribution in [0.1, 0.15) is 16.7 Å². The second-order valence-electron chi connectivity index (χ2n) is 4.66. The molecule has 4 nitrogen and oxygen atoms in total. The van der Waals surface area contributed by atoms with E-state index < -0.39 is 0 Å². The van der Waals surface area contributed by atoms with Gasteiger partial charge in [-0.15, -0.1) is 0 Å². The Labute approximate surface area is 129 Å². The van der Waals surface area contributed by atoms with Gasteiger partial charge in [0.15, 0.2) is 11.5 Å². The third kappa shape index (κ3) is 3.67. The minimum absolute atomic E-state index is 0.00966. The van der Waals surface area contributed by atoms with E-state index in [-0.39, 0.29) is 5.84 Å². The van der Waals surface area contributed by atoms with Crippen LogP contribution in [0.3, 0.4) is 0 Å². The van der Waals surface area contributed by atoms with Crippen molar-refractivity contribution in [2.24, 2.45) is 5.73 Å². The maximum atomic E-state index is 7.38. The normalized spacial score (nSPS) is 10.2. The molecule has 0 spiro atoms. The molecule has 2 aromatic carbocycles. The molecule has 0 amide bonds. The molecule has 0 unspecified atom stereocenters. The average molecular weight is 305 g/mol. The molecule has 2 rings (SSSR count). The van der Waals surface area contributed by atoms with Crippen molar-refractivity contribution in [3.8, 4) is 11.5 Å². The summed E-state index contributed by atoms with van der Waals surface area (Å²) in [6.07, 6.45) is 0. The molecule has 0 bridgehead atoms. The van der Waals surface area contributed by atoms with Crippen molar-refractivity contribution in [2.75, 3.05) is 7.11 Å². The highest BCUT2D eigenvalue weighted by Gasteiger charge is 2.08. The van der Waals surface area contributed by atoms with Crippen LogP contribution in [0, 0.1) is 12.3 Å². The zero-order chi connectivity index (χ0) is 15.4. The molecule has 21 heavy (non-hydrogen) atoms. The zero-order valence-electron chi connectivity index (χ0n) is 11.9. The Morgan fingerprint density at radius 2 is 1.95 bits per heavy atom. The summed E-state index contributed by atoms with van der Waals surface area (Å²) >= 11 is 6.18.